The fourth-order valence-corrected chi connectivity index (χ4v) is 2.94. The molecule has 0 aliphatic carbocycles. The van der Waals surface area contributed by atoms with Crippen molar-refractivity contribution >= 4 is 22.1 Å². The van der Waals surface area contributed by atoms with E-state index < -0.39 is 10.1 Å². The molecule has 2 aromatic rings. The molecule has 0 saturated heterocycles. The Kier molecular flexibility index (Phi) is 8.22. The van der Waals surface area contributed by atoms with Crippen LogP contribution in [0.15, 0.2) is 60.7 Å². The van der Waals surface area contributed by atoms with Gasteiger partial charge in [-0.3, -0.25) is 4.79 Å². The summed E-state index contributed by atoms with van der Waals surface area (Å²) < 4.78 is 33.5. The van der Waals surface area contributed by atoms with E-state index in [2.05, 4.69) is 0 Å². The molecule has 0 aliphatic rings. The second-order valence-corrected chi connectivity index (χ2v) is 7.93. The Bertz CT molecular complexity index is 894. The molecule has 0 heterocycles. The number of ether oxygens (including phenoxy) is 1. The van der Waals surface area contributed by atoms with E-state index in [1.165, 1.54) is 13.0 Å². The molecule has 0 spiro atoms. The van der Waals surface area contributed by atoms with Gasteiger partial charge in [-0.1, -0.05) is 42.5 Å². The van der Waals surface area contributed by atoms with Gasteiger partial charge in [-0.25, -0.2) is 0 Å². The van der Waals surface area contributed by atoms with Gasteiger partial charge < -0.3 is 13.8 Å². The molecule has 28 heavy (non-hydrogen) atoms. The molecular weight excluding hydrogens is 378 g/mol. The number of amides is 1. The van der Waals surface area contributed by atoms with Gasteiger partial charge >= 0.3 is 10.1 Å². The van der Waals surface area contributed by atoms with E-state index >= 15 is 0 Å². The van der Waals surface area contributed by atoms with E-state index in [-0.39, 0.29) is 17.4 Å². The minimum atomic E-state index is -3.60. The van der Waals surface area contributed by atoms with Crippen LogP contribution in [0.1, 0.15) is 18.1 Å². The molecule has 6 nitrogen and oxygen atoms in total. The van der Waals surface area contributed by atoms with Crippen LogP contribution < -0.4 is 4.18 Å². The highest BCUT2D eigenvalue weighted by Crippen LogP contribution is 2.17. The van der Waals surface area contributed by atoms with Crippen LogP contribution in [0, 0.1) is 0 Å². The van der Waals surface area contributed by atoms with E-state index in [1.807, 2.05) is 36.4 Å². The SMILES string of the molecule is CCS(=O)(=O)Oc1cccc(CN(CCOC)C(=O)/C=C/c2ccccc2)c1. The number of carbonyl (C=O) groups is 1. The molecule has 0 aliphatic heterocycles. The van der Waals surface area contributed by atoms with Crippen molar-refractivity contribution in [3.63, 3.8) is 0 Å². The Labute approximate surface area is 166 Å². The molecule has 0 N–H and O–H groups in total. The van der Waals surface area contributed by atoms with Crippen LogP contribution in [0.3, 0.4) is 0 Å². The van der Waals surface area contributed by atoms with Crippen molar-refractivity contribution in [3.8, 4) is 5.75 Å². The summed E-state index contributed by atoms with van der Waals surface area (Å²) >= 11 is 0. The maximum Gasteiger partial charge on any atom is 0.308 e. The third kappa shape index (κ3) is 7.17. The topological polar surface area (TPSA) is 72.9 Å². The van der Waals surface area contributed by atoms with Crippen LogP contribution in [-0.4, -0.2) is 45.2 Å². The number of hydrogen-bond acceptors (Lipinski definition) is 5. The Balaban J connectivity index is 2.13. The van der Waals surface area contributed by atoms with Gasteiger partial charge in [0.2, 0.25) is 5.91 Å². The Morgan fingerprint density at radius 1 is 1.11 bits per heavy atom. The van der Waals surface area contributed by atoms with Crippen LogP contribution in [-0.2, 0) is 26.2 Å². The summed E-state index contributed by atoms with van der Waals surface area (Å²) in [6.45, 7) is 2.63. The molecule has 2 rings (SSSR count). The summed E-state index contributed by atoms with van der Waals surface area (Å²) in [6.07, 6.45) is 3.28. The van der Waals surface area contributed by atoms with Crippen LogP contribution >= 0.6 is 0 Å². The van der Waals surface area contributed by atoms with Gasteiger partial charge in [-0.15, -0.1) is 0 Å². The lowest BCUT2D eigenvalue weighted by Gasteiger charge is -2.21. The maximum absolute atomic E-state index is 12.6. The standard InChI is InChI=1S/C21H25NO5S/c1-3-28(24,25)27-20-11-7-10-19(16-20)17-22(14-15-26-2)21(23)13-12-18-8-5-4-6-9-18/h4-13,16H,3,14-15,17H2,1-2H3/b13-12+. The van der Waals surface area contributed by atoms with E-state index in [9.17, 15) is 13.2 Å². The second kappa shape index (κ2) is 10.6. The predicted octanol–water partition coefficient (Wildman–Crippen LogP) is 3.10. The lowest BCUT2D eigenvalue weighted by Crippen LogP contribution is -2.32. The number of nitrogens with zero attached hydrogens (tertiary/aromatic N) is 1. The summed E-state index contributed by atoms with van der Waals surface area (Å²) in [4.78, 5) is 14.3. The molecule has 1 amide bonds. The maximum atomic E-state index is 12.6. The second-order valence-electron chi connectivity index (χ2n) is 6.07. The number of benzene rings is 2. The van der Waals surface area contributed by atoms with Crippen LogP contribution in [0.2, 0.25) is 0 Å². The fourth-order valence-electron chi connectivity index (χ4n) is 2.43. The molecular formula is C21H25NO5S. The molecule has 2 aromatic carbocycles. The van der Waals surface area contributed by atoms with Crippen LogP contribution in [0.25, 0.3) is 6.08 Å². The highest BCUT2D eigenvalue weighted by Gasteiger charge is 2.13. The molecule has 150 valence electrons. The van der Waals surface area contributed by atoms with Crippen molar-refractivity contribution in [2.45, 2.75) is 13.5 Å². The summed E-state index contributed by atoms with van der Waals surface area (Å²) in [5.41, 5.74) is 1.70. The Morgan fingerprint density at radius 2 is 1.86 bits per heavy atom. The molecule has 0 radical (unpaired) electrons. The molecule has 0 aromatic heterocycles. The minimum absolute atomic E-state index is 0.111. The van der Waals surface area contributed by atoms with Gasteiger partial charge in [-0.2, -0.15) is 8.42 Å². The highest BCUT2D eigenvalue weighted by atomic mass is 32.2. The first-order valence-corrected chi connectivity index (χ1v) is 10.5. The highest BCUT2D eigenvalue weighted by molar-refractivity contribution is 7.87. The number of hydrogen-bond donors (Lipinski definition) is 0. The minimum Gasteiger partial charge on any atom is -0.383 e. The van der Waals surface area contributed by atoms with Gasteiger partial charge in [0, 0.05) is 26.3 Å². The van der Waals surface area contributed by atoms with E-state index in [0.29, 0.717) is 19.7 Å². The molecule has 0 unspecified atom stereocenters. The quantitative estimate of drug-likeness (QED) is 0.450. The first-order chi connectivity index (χ1) is 13.4. The first-order valence-electron chi connectivity index (χ1n) is 8.95. The number of carbonyl (C=O) groups excluding carboxylic acids is 1. The lowest BCUT2D eigenvalue weighted by atomic mass is 10.2. The molecule has 0 bridgehead atoms. The van der Waals surface area contributed by atoms with Crippen LogP contribution in [0.4, 0.5) is 0 Å². The Morgan fingerprint density at radius 3 is 2.54 bits per heavy atom. The number of methoxy groups -OCH3 is 1. The zero-order valence-electron chi connectivity index (χ0n) is 16.1. The average molecular weight is 404 g/mol. The lowest BCUT2D eigenvalue weighted by molar-refractivity contribution is -0.127. The van der Waals surface area contributed by atoms with Gasteiger partial charge in [0.15, 0.2) is 0 Å². The summed E-state index contributed by atoms with van der Waals surface area (Å²) in [6, 6.07) is 16.3. The molecule has 7 heteroatoms. The van der Waals surface area contributed by atoms with Crippen molar-refractivity contribution in [2.24, 2.45) is 0 Å². The largest absolute Gasteiger partial charge is 0.383 e. The molecule has 0 atom stereocenters. The van der Waals surface area contributed by atoms with Crippen molar-refractivity contribution in [1.29, 1.82) is 0 Å². The van der Waals surface area contributed by atoms with Crippen molar-refractivity contribution in [3.05, 3.63) is 71.8 Å². The summed E-state index contributed by atoms with van der Waals surface area (Å²) in [7, 11) is -2.02. The van der Waals surface area contributed by atoms with E-state index in [0.717, 1.165) is 11.1 Å². The summed E-state index contributed by atoms with van der Waals surface area (Å²) in [5, 5.41) is 0. The van der Waals surface area contributed by atoms with E-state index in [4.69, 9.17) is 8.92 Å². The van der Waals surface area contributed by atoms with Crippen molar-refractivity contribution in [1.82, 2.24) is 4.90 Å². The van der Waals surface area contributed by atoms with Crippen molar-refractivity contribution in [2.75, 3.05) is 26.0 Å². The fraction of sp³-hybridized carbons (Fsp3) is 0.286. The van der Waals surface area contributed by atoms with Gasteiger partial charge in [0.1, 0.15) is 5.75 Å². The van der Waals surface area contributed by atoms with E-state index in [1.54, 1.807) is 36.3 Å². The monoisotopic (exact) mass is 403 g/mol. The molecule has 0 fully saturated rings. The molecule has 0 saturated carbocycles. The smallest absolute Gasteiger partial charge is 0.308 e. The zero-order valence-corrected chi connectivity index (χ0v) is 16.9. The van der Waals surface area contributed by atoms with Crippen molar-refractivity contribution < 1.29 is 22.1 Å². The normalized spacial score (nSPS) is 11.5. The predicted molar refractivity (Wildman–Crippen MR) is 109 cm³/mol. The third-order valence-electron chi connectivity index (χ3n) is 3.94. The summed E-state index contributed by atoms with van der Waals surface area (Å²) in [5.74, 6) is -0.0355. The third-order valence-corrected chi connectivity index (χ3v) is 5.10. The first kappa shape index (κ1) is 21.7. The zero-order chi connectivity index (χ0) is 20.4. The number of rotatable bonds is 10. The van der Waals surface area contributed by atoms with Crippen LogP contribution in [0.5, 0.6) is 5.75 Å². The van der Waals surface area contributed by atoms with Gasteiger partial charge in [0.05, 0.1) is 12.4 Å². The van der Waals surface area contributed by atoms with Gasteiger partial charge in [0.25, 0.3) is 0 Å². The Hall–Kier alpha value is -2.64. The average Bonchev–Trinajstić information content (AvgIpc) is 2.70. The van der Waals surface area contributed by atoms with Gasteiger partial charge in [-0.05, 0) is 36.3 Å².